The van der Waals surface area contributed by atoms with Gasteiger partial charge >= 0.3 is 0 Å². The van der Waals surface area contributed by atoms with Gasteiger partial charge in [-0.3, -0.25) is 0 Å². The number of thiazole rings is 1. The lowest BCUT2D eigenvalue weighted by Crippen LogP contribution is -2.11. The first-order valence-electron chi connectivity index (χ1n) is 15.7. The molecule has 0 saturated carbocycles. The van der Waals surface area contributed by atoms with E-state index in [9.17, 15) is 0 Å². The normalized spacial score (nSPS) is 11.4. The molecule has 0 N–H and O–H groups in total. The molecule has 6 aromatic carbocycles. The molecule has 0 spiro atoms. The van der Waals surface area contributed by atoms with Gasteiger partial charge in [-0.15, -0.1) is 11.3 Å². The van der Waals surface area contributed by atoms with Crippen molar-refractivity contribution >= 4 is 49.4 Å². The molecule has 0 bridgehead atoms. The Kier molecular flexibility index (Phi) is 6.65. The maximum Gasteiger partial charge on any atom is 0.136 e. The molecule has 0 fully saturated rings. The highest BCUT2D eigenvalue weighted by Crippen LogP contribution is 2.43. The Labute approximate surface area is 277 Å². The number of hydrogen-bond donors (Lipinski definition) is 0. The second-order valence-corrected chi connectivity index (χ2v) is 12.7. The summed E-state index contributed by atoms with van der Waals surface area (Å²) < 4.78 is 7.63. The van der Waals surface area contributed by atoms with Gasteiger partial charge in [0, 0.05) is 28.1 Å². The highest BCUT2D eigenvalue weighted by Gasteiger charge is 2.20. The van der Waals surface area contributed by atoms with E-state index >= 15 is 0 Å². The second kappa shape index (κ2) is 11.4. The maximum absolute atomic E-state index is 6.43. The zero-order valence-electron chi connectivity index (χ0n) is 25.4. The largest absolute Gasteiger partial charge is 0.456 e. The Morgan fingerprint density at radius 1 is 0.468 bits per heavy atom. The first kappa shape index (κ1) is 27.3. The topological polar surface area (TPSA) is 29.3 Å². The number of aromatic nitrogens is 1. The summed E-state index contributed by atoms with van der Waals surface area (Å²) >= 11 is 1.72. The third kappa shape index (κ3) is 5.05. The molecule has 0 amide bonds. The van der Waals surface area contributed by atoms with E-state index in [1.165, 1.54) is 26.6 Å². The van der Waals surface area contributed by atoms with E-state index in [-0.39, 0.29) is 0 Å². The van der Waals surface area contributed by atoms with Crippen LogP contribution in [0.1, 0.15) is 0 Å². The van der Waals surface area contributed by atoms with Gasteiger partial charge in [0.1, 0.15) is 16.5 Å². The Morgan fingerprint density at radius 3 is 1.98 bits per heavy atom. The quantitative estimate of drug-likeness (QED) is 0.185. The summed E-state index contributed by atoms with van der Waals surface area (Å²) in [6, 6.07) is 59.8. The lowest BCUT2D eigenvalue weighted by atomic mass is 10.0. The molecule has 3 nitrogen and oxygen atoms in total. The second-order valence-electron chi connectivity index (χ2n) is 11.6. The highest BCUT2D eigenvalue weighted by molar-refractivity contribution is 7.21. The molecule has 7 aromatic rings. The SMILES string of the molecule is c1cc2ccc(-c3ccccc3N(c3ccc(-c4ccc5ccccc5c4)cc3)c3ccc(-c4nc5ccccc5s4)cc3)oc-2c1. The molecule has 2 heterocycles. The lowest BCUT2D eigenvalue weighted by Gasteiger charge is -2.28. The molecule has 0 radical (unpaired) electrons. The summed E-state index contributed by atoms with van der Waals surface area (Å²) in [6.45, 7) is 0. The Bertz CT molecular complexity index is 2440. The summed E-state index contributed by atoms with van der Waals surface area (Å²) in [5.74, 6) is 1.70. The van der Waals surface area contributed by atoms with Crippen molar-refractivity contribution in [3.8, 4) is 44.3 Å². The fourth-order valence-electron chi connectivity index (χ4n) is 6.34. The molecule has 2 aliphatic rings. The van der Waals surface area contributed by atoms with Gasteiger partial charge in [-0.2, -0.15) is 0 Å². The van der Waals surface area contributed by atoms with E-state index in [1.54, 1.807) is 11.3 Å². The first-order valence-corrected chi connectivity index (χ1v) is 16.5. The van der Waals surface area contributed by atoms with Gasteiger partial charge in [0.2, 0.25) is 0 Å². The summed E-state index contributed by atoms with van der Waals surface area (Å²) in [4.78, 5) is 7.21. The van der Waals surface area contributed by atoms with E-state index in [0.29, 0.717) is 0 Å². The van der Waals surface area contributed by atoms with Crippen LogP contribution in [-0.2, 0) is 0 Å². The predicted molar refractivity (Wildman–Crippen MR) is 197 cm³/mol. The first-order chi connectivity index (χ1) is 23.3. The van der Waals surface area contributed by atoms with Crippen molar-refractivity contribution in [2.45, 2.75) is 0 Å². The third-order valence-corrected chi connectivity index (χ3v) is 9.81. The van der Waals surface area contributed by atoms with Crippen LogP contribution in [0.25, 0.3) is 65.3 Å². The Hall–Kier alpha value is -5.97. The summed E-state index contributed by atoms with van der Waals surface area (Å²) in [6.07, 6.45) is 0. The summed E-state index contributed by atoms with van der Waals surface area (Å²) in [7, 11) is 0. The smallest absolute Gasteiger partial charge is 0.136 e. The highest BCUT2D eigenvalue weighted by atomic mass is 32.1. The van der Waals surface area contributed by atoms with Crippen molar-refractivity contribution < 1.29 is 4.42 Å². The molecule has 1 aliphatic heterocycles. The molecule has 0 unspecified atom stereocenters. The minimum Gasteiger partial charge on any atom is -0.456 e. The van der Waals surface area contributed by atoms with Crippen LogP contribution < -0.4 is 4.90 Å². The molecule has 4 heteroatoms. The van der Waals surface area contributed by atoms with Crippen LogP contribution in [0.5, 0.6) is 0 Å². The molecule has 222 valence electrons. The van der Waals surface area contributed by atoms with E-state index in [0.717, 1.165) is 55.8 Å². The lowest BCUT2D eigenvalue weighted by molar-refractivity contribution is 0.583. The molecule has 0 saturated heterocycles. The van der Waals surface area contributed by atoms with Crippen LogP contribution in [0, 0.1) is 0 Å². The maximum atomic E-state index is 6.43. The van der Waals surface area contributed by atoms with Crippen LogP contribution >= 0.6 is 11.3 Å². The predicted octanol–water partition coefficient (Wildman–Crippen LogP) is 12.6. The Morgan fingerprint density at radius 2 is 1.15 bits per heavy atom. The van der Waals surface area contributed by atoms with Gasteiger partial charge in [0.05, 0.1) is 15.9 Å². The molecule has 0 atom stereocenters. The van der Waals surface area contributed by atoms with Gasteiger partial charge < -0.3 is 9.32 Å². The van der Waals surface area contributed by atoms with Crippen molar-refractivity contribution in [1.82, 2.24) is 4.98 Å². The fourth-order valence-corrected chi connectivity index (χ4v) is 7.31. The monoisotopic (exact) mass is 620 g/mol. The molecule has 1 aromatic heterocycles. The number of nitrogens with zero attached hydrogens (tertiary/aromatic N) is 2. The van der Waals surface area contributed by atoms with Gasteiger partial charge in [-0.05, 0) is 107 Å². The fraction of sp³-hybridized carbons (Fsp3) is 0. The minimum absolute atomic E-state index is 0.822. The zero-order valence-corrected chi connectivity index (χ0v) is 26.2. The molecule has 47 heavy (non-hydrogen) atoms. The molecular weight excluding hydrogens is 593 g/mol. The van der Waals surface area contributed by atoms with E-state index < -0.39 is 0 Å². The zero-order chi connectivity index (χ0) is 31.2. The summed E-state index contributed by atoms with van der Waals surface area (Å²) in [5, 5.41) is 3.50. The van der Waals surface area contributed by atoms with E-state index in [2.05, 4.69) is 157 Å². The molecule has 9 rings (SSSR count). The van der Waals surface area contributed by atoms with Crippen molar-refractivity contribution in [2.24, 2.45) is 0 Å². The van der Waals surface area contributed by atoms with Crippen molar-refractivity contribution in [2.75, 3.05) is 4.90 Å². The Balaban J connectivity index is 1.15. The van der Waals surface area contributed by atoms with E-state index in [1.807, 2.05) is 18.2 Å². The van der Waals surface area contributed by atoms with Crippen LogP contribution in [-0.4, -0.2) is 4.98 Å². The summed E-state index contributed by atoms with van der Waals surface area (Å²) in [5.41, 5.74) is 9.77. The van der Waals surface area contributed by atoms with Crippen molar-refractivity contribution in [1.29, 1.82) is 0 Å². The van der Waals surface area contributed by atoms with Gasteiger partial charge in [0.25, 0.3) is 0 Å². The third-order valence-electron chi connectivity index (χ3n) is 8.73. The average molecular weight is 621 g/mol. The van der Waals surface area contributed by atoms with Crippen LogP contribution in [0.2, 0.25) is 0 Å². The standard InChI is InChI=1S/C43H28N2OS/c1-2-9-33-28-34(17-16-29(33)8-1)30-18-23-35(24-19-30)45(36-25-20-32(21-26-36)43-44-38-12-4-6-15-42(38)47-43)39-13-5-3-11-37(39)41-27-22-31-10-7-14-40(31)46-41/h1-28H. The number of rotatable bonds is 6. The van der Waals surface area contributed by atoms with E-state index in [4.69, 9.17) is 9.40 Å². The van der Waals surface area contributed by atoms with Crippen molar-refractivity contribution in [3.63, 3.8) is 0 Å². The number of fused-ring (bicyclic) bond motifs is 3. The number of hydrogen-bond acceptors (Lipinski definition) is 4. The number of anilines is 3. The molecule has 1 aliphatic carbocycles. The van der Waals surface area contributed by atoms with Crippen LogP contribution in [0.4, 0.5) is 17.1 Å². The minimum atomic E-state index is 0.822. The van der Waals surface area contributed by atoms with Gasteiger partial charge in [-0.25, -0.2) is 4.98 Å². The molecular formula is C43H28N2OS. The van der Waals surface area contributed by atoms with Crippen LogP contribution in [0.3, 0.4) is 0 Å². The van der Waals surface area contributed by atoms with Gasteiger partial charge in [0.15, 0.2) is 0 Å². The number of benzene rings is 6. The van der Waals surface area contributed by atoms with Gasteiger partial charge in [-0.1, -0.05) is 84.9 Å². The number of para-hydroxylation sites is 2. The average Bonchev–Trinajstić information content (AvgIpc) is 3.80. The van der Waals surface area contributed by atoms with Crippen LogP contribution in [0.15, 0.2) is 174 Å². The van der Waals surface area contributed by atoms with Crippen molar-refractivity contribution in [3.05, 3.63) is 170 Å².